The van der Waals surface area contributed by atoms with Crippen molar-refractivity contribution in [2.24, 2.45) is 0 Å². The summed E-state index contributed by atoms with van der Waals surface area (Å²) in [6.07, 6.45) is 1.22. The smallest absolute Gasteiger partial charge is 0.303 e. The molecule has 0 N–H and O–H groups in total. The van der Waals surface area contributed by atoms with Crippen LogP contribution in [0.4, 0.5) is 10.2 Å². The molecule has 0 amide bonds. The number of ether oxygens (including phenoxy) is 3. The average molecular weight is 393 g/mol. The van der Waals surface area contributed by atoms with E-state index in [1.807, 2.05) is 0 Å². The van der Waals surface area contributed by atoms with Gasteiger partial charge in [0.1, 0.15) is 12.4 Å². The van der Waals surface area contributed by atoms with Gasteiger partial charge in [-0.15, -0.1) is 0 Å². The van der Waals surface area contributed by atoms with Gasteiger partial charge in [-0.3, -0.25) is 9.36 Å². The number of imidazole rings is 1. The van der Waals surface area contributed by atoms with E-state index in [2.05, 4.69) is 19.9 Å². The Morgan fingerprint density at radius 2 is 2.00 bits per heavy atom. The minimum absolute atomic E-state index is 0.463. The van der Waals surface area contributed by atoms with Crippen molar-refractivity contribution in [2.75, 3.05) is 31.2 Å². The molecule has 9 nitrogen and oxygen atoms in total. The summed E-state index contributed by atoms with van der Waals surface area (Å²) in [5.41, 5.74) is -2.42. The van der Waals surface area contributed by atoms with E-state index in [1.165, 1.54) is 26.5 Å². The summed E-state index contributed by atoms with van der Waals surface area (Å²) in [6.45, 7) is 8.48. The van der Waals surface area contributed by atoms with Crippen LogP contribution in [-0.4, -0.2) is 69.2 Å². The van der Waals surface area contributed by atoms with Crippen molar-refractivity contribution in [1.82, 2.24) is 19.5 Å². The first kappa shape index (κ1) is 19.0. The van der Waals surface area contributed by atoms with Crippen molar-refractivity contribution in [2.45, 2.75) is 51.3 Å². The van der Waals surface area contributed by atoms with Crippen LogP contribution < -0.4 is 4.90 Å². The van der Waals surface area contributed by atoms with Gasteiger partial charge in [0.15, 0.2) is 34.5 Å². The standard InChI is InChI=1S/C18H24FN5O4/c1-11-18(4,28-12(2)25)17(3,19)16(27-11)24-10-22-13-14(20-9-21-15(13)24)23-5-7-26-8-6-23/h9-11,16H,5-8H2,1-4H3/t11-,16?,17+,18?/m1/s1. The molecule has 2 saturated heterocycles. The second-order valence-corrected chi connectivity index (χ2v) is 7.53. The highest BCUT2D eigenvalue weighted by Crippen LogP contribution is 2.50. The Hall–Kier alpha value is -2.33. The van der Waals surface area contributed by atoms with Gasteiger partial charge in [-0.1, -0.05) is 0 Å². The number of fused-ring (bicyclic) bond motifs is 1. The summed E-state index contributed by atoms with van der Waals surface area (Å²) in [5, 5.41) is 0. The third kappa shape index (κ3) is 2.74. The Morgan fingerprint density at radius 1 is 1.29 bits per heavy atom. The molecule has 152 valence electrons. The third-order valence-electron chi connectivity index (χ3n) is 5.80. The van der Waals surface area contributed by atoms with Crippen LogP contribution in [0.25, 0.3) is 11.2 Å². The molecule has 0 spiro atoms. The van der Waals surface area contributed by atoms with Gasteiger partial charge in [0.2, 0.25) is 0 Å². The summed E-state index contributed by atoms with van der Waals surface area (Å²) >= 11 is 0. The number of alkyl halides is 1. The van der Waals surface area contributed by atoms with Crippen LogP contribution in [0.1, 0.15) is 33.9 Å². The van der Waals surface area contributed by atoms with E-state index in [0.717, 1.165) is 0 Å². The highest BCUT2D eigenvalue weighted by atomic mass is 19.1. The molecule has 2 aromatic heterocycles. The Morgan fingerprint density at radius 3 is 2.68 bits per heavy atom. The van der Waals surface area contributed by atoms with Crippen LogP contribution in [0.2, 0.25) is 0 Å². The first-order valence-corrected chi connectivity index (χ1v) is 9.30. The second-order valence-electron chi connectivity index (χ2n) is 7.53. The molecular weight excluding hydrogens is 369 g/mol. The van der Waals surface area contributed by atoms with Gasteiger partial charge in [-0.2, -0.15) is 0 Å². The minimum Gasteiger partial charge on any atom is -0.453 e. The maximum atomic E-state index is 16.0. The number of hydrogen-bond acceptors (Lipinski definition) is 8. The zero-order valence-corrected chi connectivity index (χ0v) is 16.4. The number of morpholine rings is 1. The van der Waals surface area contributed by atoms with Crippen molar-refractivity contribution >= 4 is 23.0 Å². The second kappa shape index (κ2) is 6.63. The van der Waals surface area contributed by atoms with Crippen LogP contribution in [0.3, 0.4) is 0 Å². The molecule has 4 rings (SSSR count). The Bertz CT molecular complexity index is 897. The number of carbonyl (C=O) groups is 1. The van der Waals surface area contributed by atoms with Gasteiger partial charge in [0.05, 0.1) is 19.5 Å². The van der Waals surface area contributed by atoms with Crippen molar-refractivity contribution < 1.29 is 23.4 Å². The number of halogens is 1. The molecule has 0 aliphatic carbocycles. The van der Waals surface area contributed by atoms with Crippen LogP contribution in [0, 0.1) is 0 Å². The molecule has 0 saturated carbocycles. The fourth-order valence-electron chi connectivity index (χ4n) is 3.92. The summed E-state index contributed by atoms with van der Waals surface area (Å²) in [5.74, 6) is 0.122. The lowest BCUT2D eigenvalue weighted by atomic mass is 9.84. The average Bonchev–Trinajstić information content (AvgIpc) is 3.15. The first-order chi connectivity index (χ1) is 13.3. The molecule has 4 heterocycles. The Balaban J connectivity index is 1.75. The Kier molecular flexibility index (Phi) is 4.50. The summed E-state index contributed by atoms with van der Waals surface area (Å²) in [6, 6.07) is 0. The fraction of sp³-hybridized carbons (Fsp3) is 0.667. The van der Waals surface area contributed by atoms with E-state index in [-0.39, 0.29) is 0 Å². The molecule has 2 aromatic rings. The minimum atomic E-state index is -2.00. The molecule has 28 heavy (non-hydrogen) atoms. The van der Waals surface area contributed by atoms with Gasteiger partial charge >= 0.3 is 5.97 Å². The van der Waals surface area contributed by atoms with Gasteiger partial charge in [0.25, 0.3) is 0 Å². The van der Waals surface area contributed by atoms with Gasteiger partial charge in [-0.05, 0) is 20.8 Å². The number of aromatic nitrogens is 4. The molecular formula is C18H24FN5O4. The van der Waals surface area contributed by atoms with Crippen molar-refractivity contribution in [3.05, 3.63) is 12.7 Å². The number of carbonyl (C=O) groups excluding carboxylic acids is 1. The number of esters is 1. The first-order valence-electron chi connectivity index (χ1n) is 9.30. The summed E-state index contributed by atoms with van der Waals surface area (Å²) in [4.78, 5) is 26.8. The van der Waals surface area contributed by atoms with Gasteiger partial charge < -0.3 is 19.1 Å². The van der Waals surface area contributed by atoms with Crippen LogP contribution in [0.5, 0.6) is 0 Å². The maximum absolute atomic E-state index is 16.0. The molecule has 0 aromatic carbocycles. The van der Waals surface area contributed by atoms with Crippen LogP contribution in [0.15, 0.2) is 12.7 Å². The lowest BCUT2D eigenvalue weighted by Crippen LogP contribution is -2.53. The topological polar surface area (TPSA) is 91.6 Å². The highest BCUT2D eigenvalue weighted by molar-refractivity contribution is 5.83. The zero-order chi connectivity index (χ0) is 20.1. The number of nitrogens with zero attached hydrogens (tertiary/aromatic N) is 5. The normalized spacial score (nSPS) is 33.4. The van der Waals surface area contributed by atoms with Crippen molar-refractivity contribution in [1.29, 1.82) is 0 Å². The SMILES string of the molecule is CC(=O)OC1(C)[C@@H](C)OC(n2cnc3c(N4CCOCC4)ncnc32)[C@]1(C)F. The summed E-state index contributed by atoms with van der Waals surface area (Å²) < 4.78 is 34.2. The third-order valence-corrected chi connectivity index (χ3v) is 5.80. The lowest BCUT2D eigenvalue weighted by molar-refractivity contribution is -0.172. The van der Waals surface area contributed by atoms with E-state index < -0.39 is 29.6 Å². The summed E-state index contributed by atoms with van der Waals surface area (Å²) in [7, 11) is 0. The van der Waals surface area contributed by atoms with Crippen molar-refractivity contribution in [3.8, 4) is 0 Å². The molecule has 2 unspecified atom stereocenters. The monoisotopic (exact) mass is 393 g/mol. The van der Waals surface area contributed by atoms with E-state index >= 15 is 4.39 Å². The molecule has 10 heteroatoms. The molecule has 2 aliphatic rings. The van der Waals surface area contributed by atoms with E-state index in [9.17, 15) is 4.79 Å². The largest absolute Gasteiger partial charge is 0.453 e. The van der Waals surface area contributed by atoms with Gasteiger partial charge in [-0.25, -0.2) is 19.3 Å². The molecule has 2 fully saturated rings. The number of anilines is 1. The van der Waals surface area contributed by atoms with E-state index in [0.29, 0.717) is 43.3 Å². The van der Waals surface area contributed by atoms with Crippen LogP contribution >= 0.6 is 0 Å². The molecule has 0 radical (unpaired) electrons. The maximum Gasteiger partial charge on any atom is 0.303 e. The predicted octanol–water partition coefficient (Wildman–Crippen LogP) is 1.63. The number of rotatable bonds is 3. The lowest BCUT2D eigenvalue weighted by Gasteiger charge is -2.36. The van der Waals surface area contributed by atoms with Gasteiger partial charge in [0, 0.05) is 20.0 Å². The quantitative estimate of drug-likeness (QED) is 0.727. The molecule has 4 atom stereocenters. The molecule has 2 aliphatic heterocycles. The number of hydrogen-bond donors (Lipinski definition) is 0. The van der Waals surface area contributed by atoms with E-state index in [4.69, 9.17) is 14.2 Å². The highest BCUT2D eigenvalue weighted by Gasteiger charge is 2.65. The zero-order valence-electron chi connectivity index (χ0n) is 16.4. The van der Waals surface area contributed by atoms with Crippen LogP contribution in [-0.2, 0) is 19.0 Å². The fourth-order valence-corrected chi connectivity index (χ4v) is 3.92. The van der Waals surface area contributed by atoms with Crippen molar-refractivity contribution in [3.63, 3.8) is 0 Å². The molecule has 0 bridgehead atoms. The van der Waals surface area contributed by atoms with E-state index in [1.54, 1.807) is 18.4 Å². The predicted molar refractivity (Wildman–Crippen MR) is 97.6 cm³/mol. The Labute approximate surface area is 161 Å².